The lowest BCUT2D eigenvalue weighted by Gasteiger charge is -2.08. The Balaban J connectivity index is 1.75. The Hall–Kier alpha value is -2.53. The molecular formula is C15H13ClN4O. The quantitative estimate of drug-likeness (QED) is 0.730. The molecule has 1 heterocycles. The maximum absolute atomic E-state index is 12.1. The number of fused-ring (bicyclic) bond motifs is 1. The van der Waals surface area contributed by atoms with Crippen LogP contribution in [-0.4, -0.2) is 15.5 Å². The van der Waals surface area contributed by atoms with Crippen molar-refractivity contribution in [3.63, 3.8) is 0 Å². The summed E-state index contributed by atoms with van der Waals surface area (Å²) in [5.41, 5.74) is 8.54. The average Bonchev–Trinajstić information content (AvgIpc) is 2.86. The predicted molar refractivity (Wildman–Crippen MR) is 84.2 cm³/mol. The summed E-state index contributed by atoms with van der Waals surface area (Å²) in [6.45, 7) is 0.184. The Labute approximate surface area is 126 Å². The van der Waals surface area contributed by atoms with E-state index in [1.165, 1.54) is 0 Å². The molecule has 0 aliphatic carbocycles. The number of rotatable bonds is 3. The zero-order valence-electron chi connectivity index (χ0n) is 11.1. The van der Waals surface area contributed by atoms with E-state index in [4.69, 9.17) is 17.3 Å². The maximum Gasteiger partial charge on any atom is 0.244 e. The molecule has 5 nitrogen and oxygen atoms in total. The summed E-state index contributed by atoms with van der Waals surface area (Å²) < 4.78 is 1.80. The van der Waals surface area contributed by atoms with Crippen LogP contribution in [0.25, 0.3) is 11.0 Å². The molecule has 0 atom stereocenters. The van der Waals surface area contributed by atoms with Crippen molar-refractivity contribution in [2.75, 3.05) is 11.1 Å². The van der Waals surface area contributed by atoms with E-state index in [-0.39, 0.29) is 12.5 Å². The number of nitrogens with two attached hydrogens (primary N) is 1. The molecule has 0 unspecified atom stereocenters. The fraction of sp³-hybridized carbons (Fsp3) is 0.0667. The van der Waals surface area contributed by atoms with Crippen molar-refractivity contribution in [3.05, 3.63) is 53.8 Å². The molecule has 0 spiro atoms. The molecule has 0 radical (unpaired) electrons. The van der Waals surface area contributed by atoms with Crippen molar-refractivity contribution >= 4 is 39.9 Å². The Kier molecular flexibility index (Phi) is 3.50. The highest BCUT2D eigenvalue weighted by molar-refractivity contribution is 6.33. The number of amides is 1. The normalized spacial score (nSPS) is 10.7. The molecule has 3 rings (SSSR count). The van der Waals surface area contributed by atoms with E-state index >= 15 is 0 Å². The summed E-state index contributed by atoms with van der Waals surface area (Å²) >= 11 is 5.85. The van der Waals surface area contributed by atoms with Crippen molar-refractivity contribution in [2.24, 2.45) is 0 Å². The van der Waals surface area contributed by atoms with E-state index in [2.05, 4.69) is 10.3 Å². The summed E-state index contributed by atoms with van der Waals surface area (Å²) in [4.78, 5) is 16.3. The van der Waals surface area contributed by atoms with Crippen LogP contribution in [-0.2, 0) is 11.3 Å². The topological polar surface area (TPSA) is 72.9 Å². The first-order valence-electron chi connectivity index (χ1n) is 6.38. The highest BCUT2D eigenvalue weighted by Gasteiger charge is 2.08. The van der Waals surface area contributed by atoms with Crippen molar-refractivity contribution in [3.8, 4) is 0 Å². The smallest absolute Gasteiger partial charge is 0.244 e. The van der Waals surface area contributed by atoms with Gasteiger partial charge in [-0.15, -0.1) is 0 Å². The number of nitrogens with one attached hydrogen (secondary N) is 1. The van der Waals surface area contributed by atoms with Crippen molar-refractivity contribution in [1.29, 1.82) is 0 Å². The van der Waals surface area contributed by atoms with Gasteiger partial charge in [0.2, 0.25) is 5.91 Å². The molecule has 0 fully saturated rings. The van der Waals surface area contributed by atoms with Crippen LogP contribution in [0, 0.1) is 0 Å². The van der Waals surface area contributed by atoms with Crippen LogP contribution in [0.3, 0.4) is 0 Å². The summed E-state index contributed by atoms with van der Waals surface area (Å²) in [5, 5.41) is 3.25. The second-order valence-corrected chi connectivity index (χ2v) is 5.05. The number of nitrogens with zero attached hydrogens (tertiary/aromatic N) is 2. The van der Waals surface area contributed by atoms with Crippen LogP contribution in [0.15, 0.2) is 48.8 Å². The molecule has 1 amide bonds. The molecular weight excluding hydrogens is 288 g/mol. The minimum Gasteiger partial charge on any atom is -0.397 e. The standard InChI is InChI=1S/C15H13ClN4O/c16-11-6-5-10(7-12(11)17)19-15(21)8-20-9-18-13-3-1-2-4-14(13)20/h1-7,9H,8,17H2,(H,19,21). The molecule has 3 aromatic rings. The van der Waals surface area contributed by atoms with Gasteiger partial charge in [0.05, 0.1) is 28.1 Å². The highest BCUT2D eigenvalue weighted by atomic mass is 35.5. The minimum absolute atomic E-state index is 0.153. The molecule has 0 aliphatic heterocycles. The Morgan fingerprint density at radius 3 is 2.90 bits per heavy atom. The number of hydrogen-bond acceptors (Lipinski definition) is 3. The zero-order valence-corrected chi connectivity index (χ0v) is 11.8. The summed E-state index contributed by atoms with van der Waals surface area (Å²) in [7, 11) is 0. The molecule has 2 aromatic carbocycles. The molecule has 1 aromatic heterocycles. The van der Waals surface area contributed by atoms with E-state index in [0.717, 1.165) is 11.0 Å². The second-order valence-electron chi connectivity index (χ2n) is 4.65. The van der Waals surface area contributed by atoms with Gasteiger partial charge in [-0.05, 0) is 30.3 Å². The van der Waals surface area contributed by atoms with Crippen molar-refractivity contribution in [1.82, 2.24) is 9.55 Å². The van der Waals surface area contributed by atoms with Gasteiger partial charge in [0.1, 0.15) is 6.54 Å². The number of nitrogen functional groups attached to an aromatic ring is 1. The molecule has 0 saturated heterocycles. The van der Waals surface area contributed by atoms with Gasteiger partial charge >= 0.3 is 0 Å². The molecule has 6 heteroatoms. The summed E-state index contributed by atoms with van der Waals surface area (Å²) in [5.74, 6) is -0.153. The second kappa shape index (κ2) is 5.46. The third kappa shape index (κ3) is 2.83. The van der Waals surface area contributed by atoms with Gasteiger partial charge in [-0.2, -0.15) is 0 Å². The fourth-order valence-electron chi connectivity index (χ4n) is 2.11. The first-order valence-corrected chi connectivity index (χ1v) is 6.76. The number of anilines is 2. The first kappa shape index (κ1) is 13.5. The van der Waals surface area contributed by atoms with Gasteiger partial charge < -0.3 is 15.6 Å². The van der Waals surface area contributed by atoms with Gasteiger partial charge in [0.25, 0.3) is 0 Å². The molecule has 0 bridgehead atoms. The third-order valence-corrected chi connectivity index (χ3v) is 3.47. The van der Waals surface area contributed by atoms with Crippen LogP contribution in [0.2, 0.25) is 5.02 Å². The van der Waals surface area contributed by atoms with E-state index in [1.807, 2.05) is 24.3 Å². The van der Waals surface area contributed by atoms with E-state index in [9.17, 15) is 4.79 Å². The average molecular weight is 301 g/mol. The van der Waals surface area contributed by atoms with E-state index in [0.29, 0.717) is 16.4 Å². The van der Waals surface area contributed by atoms with Crippen LogP contribution >= 0.6 is 11.6 Å². The number of benzene rings is 2. The van der Waals surface area contributed by atoms with Crippen molar-refractivity contribution < 1.29 is 4.79 Å². The van der Waals surface area contributed by atoms with Gasteiger partial charge in [0, 0.05) is 5.69 Å². The Morgan fingerprint density at radius 2 is 2.10 bits per heavy atom. The van der Waals surface area contributed by atoms with Gasteiger partial charge in [0.15, 0.2) is 0 Å². The highest BCUT2D eigenvalue weighted by Crippen LogP contribution is 2.22. The van der Waals surface area contributed by atoms with E-state index in [1.54, 1.807) is 29.1 Å². The fourth-order valence-corrected chi connectivity index (χ4v) is 2.23. The zero-order chi connectivity index (χ0) is 14.8. The van der Waals surface area contributed by atoms with Crippen LogP contribution < -0.4 is 11.1 Å². The summed E-state index contributed by atoms with van der Waals surface area (Å²) in [6.07, 6.45) is 1.65. The SMILES string of the molecule is Nc1cc(NC(=O)Cn2cnc3ccccc32)ccc1Cl. The third-order valence-electron chi connectivity index (χ3n) is 3.12. The van der Waals surface area contributed by atoms with Crippen LogP contribution in [0.4, 0.5) is 11.4 Å². The number of aromatic nitrogens is 2. The lowest BCUT2D eigenvalue weighted by atomic mass is 10.3. The minimum atomic E-state index is -0.153. The lowest BCUT2D eigenvalue weighted by molar-refractivity contribution is -0.116. The maximum atomic E-state index is 12.1. The van der Waals surface area contributed by atoms with Crippen LogP contribution in [0.1, 0.15) is 0 Å². The Bertz CT molecular complexity index is 812. The number of carbonyl (C=O) groups is 1. The number of hydrogen-bond donors (Lipinski definition) is 2. The Morgan fingerprint density at radius 1 is 1.29 bits per heavy atom. The number of para-hydroxylation sites is 2. The van der Waals surface area contributed by atoms with Gasteiger partial charge in [-0.25, -0.2) is 4.98 Å². The van der Waals surface area contributed by atoms with Gasteiger partial charge in [-0.1, -0.05) is 23.7 Å². The first-order chi connectivity index (χ1) is 10.1. The molecule has 0 saturated carbocycles. The van der Waals surface area contributed by atoms with Crippen molar-refractivity contribution in [2.45, 2.75) is 6.54 Å². The molecule has 21 heavy (non-hydrogen) atoms. The predicted octanol–water partition coefficient (Wildman–Crippen LogP) is 2.91. The number of imidazole rings is 1. The number of carbonyl (C=O) groups excluding carboxylic acids is 1. The largest absolute Gasteiger partial charge is 0.397 e. The number of halogens is 1. The monoisotopic (exact) mass is 300 g/mol. The van der Waals surface area contributed by atoms with Gasteiger partial charge in [-0.3, -0.25) is 4.79 Å². The van der Waals surface area contributed by atoms with E-state index < -0.39 is 0 Å². The van der Waals surface area contributed by atoms with Crippen LogP contribution in [0.5, 0.6) is 0 Å². The summed E-state index contributed by atoms with van der Waals surface area (Å²) in [6, 6.07) is 12.7. The lowest BCUT2D eigenvalue weighted by Crippen LogP contribution is -2.18. The molecule has 3 N–H and O–H groups in total. The molecule has 106 valence electrons. The molecule has 0 aliphatic rings.